The van der Waals surface area contributed by atoms with Crippen molar-refractivity contribution in [3.8, 4) is 0 Å². The Balaban J connectivity index is 1.68. The molecule has 1 saturated carbocycles. The fourth-order valence-electron chi connectivity index (χ4n) is 5.63. The van der Waals surface area contributed by atoms with Crippen molar-refractivity contribution in [1.82, 2.24) is 20.6 Å². The molecule has 246 valence electrons. The summed E-state index contributed by atoms with van der Waals surface area (Å²) in [5, 5.41) is 7.11. The van der Waals surface area contributed by atoms with E-state index in [0.717, 1.165) is 42.7 Å². The van der Waals surface area contributed by atoms with Crippen LogP contribution in [0.2, 0.25) is 5.02 Å². The van der Waals surface area contributed by atoms with E-state index < -0.39 is 35.9 Å². The molecule has 1 unspecified atom stereocenters. The van der Waals surface area contributed by atoms with Crippen molar-refractivity contribution < 1.29 is 28.8 Å². The number of hydroxylamine groups is 2. The van der Waals surface area contributed by atoms with Gasteiger partial charge in [-0.3, -0.25) is 19.2 Å². The molecular weight excluding hydrogens is 596 g/mol. The van der Waals surface area contributed by atoms with Gasteiger partial charge in [-0.05, 0) is 48.4 Å². The molecule has 1 aliphatic rings. The van der Waals surface area contributed by atoms with Crippen LogP contribution >= 0.6 is 11.6 Å². The largest absolute Gasteiger partial charge is 0.445 e. The molecule has 2 aromatic rings. The van der Waals surface area contributed by atoms with Crippen molar-refractivity contribution in [3.05, 3.63) is 70.7 Å². The molecule has 45 heavy (non-hydrogen) atoms. The highest BCUT2D eigenvalue weighted by Crippen LogP contribution is 2.27. The fourth-order valence-corrected chi connectivity index (χ4v) is 5.85. The number of halogens is 1. The number of hydrogen-bond acceptors (Lipinski definition) is 6. The first-order valence-electron chi connectivity index (χ1n) is 15.7. The molecule has 11 heteroatoms. The summed E-state index contributed by atoms with van der Waals surface area (Å²) >= 11 is 6.04. The number of amides is 4. The summed E-state index contributed by atoms with van der Waals surface area (Å²) in [5.41, 5.74) is 1.83. The van der Waals surface area contributed by atoms with Crippen LogP contribution in [0.1, 0.15) is 63.0 Å². The van der Waals surface area contributed by atoms with Crippen molar-refractivity contribution in [2.45, 2.75) is 77.0 Å². The zero-order valence-corrected chi connectivity index (χ0v) is 27.6. The van der Waals surface area contributed by atoms with Crippen molar-refractivity contribution in [3.63, 3.8) is 0 Å². The number of likely N-dealkylation sites (N-methyl/N-ethyl adjacent to an activating group) is 2. The smallest absolute Gasteiger partial charge is 0.408 e. The highest BCUT2D eigenvalue weighted by molar-refractivity contribution is 6.30. The van der Waals surface area contributed by atoms with E-state index in [-0.39, 0.29) is 24.9 Å². The number of nitrogens with one attached hydrogen (secondary N) is 2. The van der Waals surface area contributed by atoms with E-state index >= 15 is 0 Å². The number of carbonyl (C=O) groups excluding carboxylic acids is 4. The fraction of sp³-hybridized carbons (Fsp3) is 0.529. The number of rotatable bonds is 15. The van der Waals surface area contributed by atoms with Gasteiger partial charge in [0.25, 0.3) is 5.91 Å². The van der Waals surface area contributed by atoms with Gasteiger partial charge in [0, 0.05) is 31.6 Å². The van der Waals surface area contributed by atoms with Crippen molar-refractivity contribution >= 4 is 35.4 Å². The van der Waals surface area contributed by atoms with E-state index in [4.69, 9.17) is 21.2 Å². The van der Waals surface area contributed by atoms with Crippen molar-refractivity contribution in [2.24, 2.45) is 11.8 Å². The summed E-state index contributed by atoms with van der Waals surface area (Å²) < 4.78 is 5.40. The number of benzene rings is 2. The maximum Gasteiger partial charge on any atom is 0.408 e. The van der Waals surface area contributed by atoms with Gasteiger partial charge in [-0.1, -0.05) is 93.1 Å². The third kappa shape index (κ3) is 12.0. The minimum Gasteiger partial charge on any atom is -0.445 e. The Hall–Kier alpha value is -3.63. The minimum absolute atomic E-state index is 0.0126. The molecule has 0 saturated heterocycles. The van der Waals surface area contributed by atoms with Crippen LogP contribution in [0.5, 0.6) is 0 Å². The first-order chi connectivity index (χ1) is 21.6. The quantitative estimate of drug-likeness (QED) is 0.260. The zero-order chi connectivity index (χ0) is 32.8. The second kappa shape index (κ2) is 18.4. The summed E-state index contributed by atoms with van der Waals surface area (Å²) in [6.07, 6.45) is 5.61. The normalized spacial score (nSPS) is 15.3. The number of ether oxygens (including phenoxy) is 1. The predicted molar refractivity (Wildman–Crippen MR) is 173 cm³/mol. The maximum atomic E-state index is 13.7. The Morgan fingerprint density at radius 2 is 1.60 bits per heavy atom. The molecular formula is C34H47ClN4O6. The topological polar surface area (TPSA) is 117 Å². The van der Waals surface area contributed by atoms with E-state index in [9.17, 15) is 19.2 Å². The Morgan fingerprint density at radius 3 is 2.27 bits per heavy atom. The van der Waals surface area contributed by atoms with Gasteiger partial charge in [0.1, 0.15) is 18.7 Å². The third-order valence-corrected chi connectivity index (χ3v) is 8.56. The van der Waals surface area contributed by atoms with Crippen LogP contribution < -0.4 is 10.6 Å². The SMILES string of the molecule is CON(C)C(=O)[C@@H](CC(C)C(=O)N(C)CCc1ccccc1)NC(=O)[C@@H](CC1CCCCC1)NC(=O)OCc1cccc(Cl)c1. The van der Waals surface area contributed by atoms with E-state index in [1.54, 1.807) is 43.1 Å². The summed E-state index contributed by atoms with van der Waals surface area (Å²) in [6, 6.07) is 14.9. The molecule has 0 aromatic heterocycles. The van der Waals surface area contributed by atoms with Gasteiger partial charge in [-0.25, -0.2) is 9.86 Å². The molecule has 0 spiro atoms. The monoisotopic (exact) mass is 642 g/mol. The van der Waals surface area contributed by atoms with Gasteiger partial charge in [-0.2, -0.15) is 0 Å². The molecule has 0 aliphatic heterocycles. The molecule has 3 rings (SSSR count). The van der Waals surface area contributed by atoms with Gasteiger partial charge in [0.05, 0.1) is 7.11 Å². The Labute approximate surface area is 271 Å². The molecule has 1 fully saturated rings. The van der Waals surface area contributed by atoms with E-state index in [1.807, 2.05) is 30.3 Å². The first-order valence-corrected chi connectivity index (χ1v) is 16.0. The first kappa shape index (κ1) is 35.8. The van der Waals surface area contributed by atoms with Crippen LogP contribution in [0.25, 0.3) is 0 Å². The average Bonchev–Trinajstić information content (AvgIpc) is 3.05. The van der Waals surface area contributed by atoms with Crippen LogP contribution in [-0.4, -0.2) is 73.6 Å². The number of nitrogens with zero attached hydrogens (tertiary/aromatic N) is 2. The predicted octanol–water partition coefficient (Wildman–Crippen LogP) is 5.14. The molecule has 2 N–H and O–H groups in total. The molecule has 10 nitrogen and oxygen atoms in total. The molecule has 2 aromatic carbocycles. The van der Waals surface area contributed by atoms with Crippen LogP contribution in [0.15, 0.2) is 54.6 Å². The van der Waals surface area contributed by atoms with Gasteiger partial charge in [0.15, 0.2) is 0 Å². The Kier molecular flexibility index (Phi) is 14.6. The van der Waals surface area contributed by atoms with Crippen LogP contribution in [0.4, 0.5) is 4.79 Å². The van der Waals surface area contributed by atoms with Crippen LogP contribution in [0.3, 0.4) is 0 Å². The lowest BCUT2D eigenvalue weighted by Gasteiger charge is -2.30. The molecule has 1 aliphatic carbocycles. The molecule has 4 amide bonds. The van der Waals surface area contributed by atoms with Crippen molar-refractivity contribution in [2.75, 3.05) is 27.7 Å². The van der Waals surface area contributed by atoms with E-state index in [1.165, 1.54) is 14.2 Å². The summed E-state index contributed by atoms with van der Waals surface area (Å²) in [4.78, 5) is 59.9. The van der Waals surface area contributed by atoms with Gasteiger partial charge in [-0.15, -0.1) is 0 Å². The van der Waals surface area contributed by atoms with Crippen molar-refractivity contribution in [1.29, 1.82) is 0 Å². The van der Waals surface area contributed by atoms with Crippen LogP contribution in [-0.2, 0) is 37.0 Å². The number of hydrogen-bond donors (Lipinski definition) is 2. The third-order valence-electron chi connectivity index (χ3n) is 8.33. The highest BCUT2D eigenvalue weighted by atomic mass is 35.5. The molecule has 0 heterocycles. The maximum absolute atomic E-state index is 13.7. The van der Waals surface area contributed by atoms with Gasteiger partial charge in [0.2, 0.25) is 11.8 Å². The van der Waals surface area contributed by atoms with Gasteiger partial charge < -0.3 is 20.3 Å². The highest BCUT2D eigenvalue weighted by Gasteiger charge is 2.33. The number of carbonyl (C=O) groups is 4. The van der Waals surface area contributed by atoms with Crippen LogP contribution in [0, 0.1) is 11.8 Å². The Bertz CT molecular complexity index is 1260. The standard InChI is InChI=1S/C34H47ClN4O6/c1-24(32(41)38(2)19-18-25-12-7-5-8-13-25)20-30(33(42)39(3)44-4)36-31(40)29(22-26-14-9-6-10-15-26)37-34(43)45-23-27-16-11-17-28(35)21-27/h5,7-8,11-13,16-17,21,24,26,29-30H,6,9-10,14-15,18-20,22-23H2,1-4H3,(H,36,40)(H,37,43)/t24?,29-,30-/m1/s1. The lowest BCUT2D eigenvalue weighted by Crippen LogP contribution is -2.55. The lowest BCUT2D eigenvalue weighted by atomic mass is 9.84. The average molecular weight is 643 g/mol. The second-order valence-corrected chi connectivity index (χ2v) is 12.3. The lowest BCUT2D eigenvalue weighted by molar-refractivity contribution is -0.172. The van der Waals surface area contributed by atoms with E-state index in [2.05, 4.69) is 10.6 Å². The van der Waals surface area contributed by atoms with E-state index in [0.29, 0.717) is 30.0 Å². The summed E-state index contributed by atoms with van der Waals surface area (Å²) in [6.45, 7) is 2.24. The summed E-state index contributed by atoms with van der Waals surface area (Å²) in [5.74, 6) is -1.48. The summed E-state index contributed by atoms with van der Waals surface area (Å²) in [7, 11) is 4.54. The molecule has 3 atom stereocenters. The minimum atomic E-state index is -1.05. The number of alkyl carbamates (subject to hydrolysis) is 1. The Morgan fingerprint density at radius 1 is 0.911 bits per heavy atom. The van der Waals surface area contributed by atoms with Gasteiger partial charge >= 0.3 is 6.09 Å². The zero-order valence-electron chi connectivity index (χ0n) is 26.8. The second-order valence-electron chi connectivity index (χ2n) is 11.9. The molecule has 0 bridgehead atoms. The molecule has 0 radical (unpaired) electrons.